The van der Waals surface area contributed by atoms with Gasteiger partial charge in [-0.3, -0.25) is 9.89 Å². The van der Waals surface area contributed by atoms with Crippen LogP contribution >= 0.6 is 0 Å². The van der Waals surface area contributed by atoms with E-state index in [-0.39, 0.29) is 5.91 Å². The minimum absolute atomic E-state index is 0.0336. The largest absolute Gasteiger partial charge is 0.361 e. The maximum absolute atomic E-state index is 12.2. The van der Waals surface area contributed by atoms with Crippen LogP contribution in [-0.2, 0) is 11.2 Å². The summed E-state index contributed by atoms with van der Waals surface area (Å²) in [7, 11) is 0. The molecule has 2 aromatic carbocycles. The number of amides is 1. The summed E-state index contributed by atoms with van der Waals surface area (Å²) < 4.78 is 0. The number of nitrogens with zero attached hydrogens (tertiary/aromatic N) is 1. The third kappa shape index (κ3) is 2.33. The molecule has 22 heavy (non-hydrogen) atoms. The Morgan fingerprint density at radius 1 is 1.05 bits per heavy atom. The van der Waals surface area contributed by atoms with E-state index in [1.54, 1.807) is 6.20 Å². The molecule has 4 aromatic rings. The van der Waals surface area contributed by atoms with Gasteiger partial charge in [-0.05, 0) is 47.3 Å². The summed E-state index contributed by atoms with van der Waals surface area (Å²) in [5.74, 6) is -0.0336. The number of carbonyl (C=O) groups is 1. The molecule has 0 unspecified atom stereocenters. The molecule has 0 radical (unpaired) electrons. The van der Waals surface area contributed by atoms with Crippen LogP contribution in [0.15, 0.2) is 54.9 Å². The Balaban J connectivity index is 1.51. The number of hydrogen-bond acceptors (Lipinski definition) is 2. The summed E-state index contributed by atoms with van der Waals surface area (Å²) in [6, 6.07) is 13.7. The van der Waals surface area contributed by atoms with Crippen LogP contribution in [0.25, 0.3) is 21.8 Å². The van der Waals surface area contributed by atoms with E-state index < -0.39 is 0 Å². The molecule has 0 spiro atoms. The van der Waals surface area contributed by atoms with Crippen LogP contribution in [0.3, 0.4) is 0 Å². The molecule has 0 aliphatic heterocycles. The zero-order valence-electron chi connectivity index (χ0n) is 11.8. The van der Waals surface area contributed by atoms with Gasteiger partial charge in [0, 0.05) is 22.8 Å². The molecular weight excluding hydrogens is 276 g/mol. The van der Waals surface area contributed by atoms with Crippen LogP contribution < -0.4 is 5.32 Å². The first-order valence-electron chi connectivity index (χ1n) is 7.07. The molecule has 2 heterocycles. The topological polar surface area (TPSA) is 73.6 Å². The van der Waals surface area contributed by atoms with E-state index in [1.807, 2.05) is 48.7 Å². The molecule has 2 aromatic heterocycles. The van der Waals surface area contributed by atoms with Gasteiger partial charge in [0.25, 0.3) is 0 Å². The molecule has 4 rings (SSSR count). The Hall–Kier alpha value is -3.08. The number of H-pyrrole nitrogens is 2. The molecule has 0 aliphatic carbocycles. The van der Waals surface area contributed by atoms with Crippen molar-refractivity contribution in [2.75, 3.05) is 5.32 Å². The third-order valence-electron chi connectivity index (χ3n) is 3.71. The lowest BCUT2D eigenvalue weighted by molar-refractivity contribution is -0.115. The molecule has 108 valence electrons. The van der Waals surface area contributed by atoms with E-state index in [0.29, 0.717) is 6.42 Å². The molecule has 0 saturated heterocycles. The number of anilines is 1. The Kier molecular flexibility index (Phi) is 2.89. The van der Waals surface area contributed by atoms with Crippen LogP contribution in [0.5, 0.6) is 0 Å². The Morgan fingerprint density at radius 2 is 2.00 bits per heavy atom. The number of nitrogens with one attached hydrogen (secondary N) is 3. The number of hydrogen-bond donors (Lipinski definition) is 3. The Morgan fingerprint density at radius 3 is 2.95 bits per heavy atom. The summed E-state index contributed by atoms with van der Waals surface area (Å²) in [5, 5.41) is 11.9. The first-order chi connectivity index (χ1) is 10.8. The number of benzene rings is 2. The van der Waals surface area contributed by atoms with E-state index in [2.05, 4.69) is 20.5 Å². The first kappa shape index (κ1) is 12.6. The van der Waals surface area contributed by atoms with Crippen molar-refractivity contribution in [3.8, 4) is 0 Å². The van der Waals surface area contributed by atoms with Gasteiger partial charge >= 0.3 is 0 Å². The number of carbonyl (C=O) groups excluding carboxylic acids is 1. The van der Waals surface area contributed by atoms with Gasteiger partial charge in [0.15, 0.2) is 0 Å². The lowest BCUT2D eigenvalue weighted by atomic mass is 10.1. The molecular formula is C17H14N4O. The number of aromatic amines is 2. The van der Waals surface area contributed by atoms with Crippen molar-refractivity contribution in [1.82, 2.24) is 15.2 Å². The monoisotopic (exact) mass is 290 g/mol. The molecule has 5 nitrogen and oxygen atoms in total. The van der Waals surface area contributed by atoms with Crippen molar-refractivity contribution in [3.63, 3.8) is 0 Å². The highest BCUT2D eigenvalue weighted by Crippen LogP contribution is 2.18. The molecule has 0 saturated carbocycles. The van der Waals surface area contributed by atoms with Gasteiger partial charge in [0.05, 0.1) is 18.1 Å². The minimum atomic E-state index is -0.0336. The summed E-state index contributed by atoms with van der Waals surface area (Å²) in [6.45, 7) is 0. The number of aromatic nitrogens is 3. The molecule has 5 heteroatoms. The second kappa shape index (κ2) is 5.04. The van der Waals surface area contributed by atoms with Gasteiger partial charge in [0.1, 0.15) is 0 Å². The smallest absolute Gasteiger partial charge is 0.228 e. The molecule has 0 bridgehead atoms. The average Bonchev–Trinajstić information content (AvgIpc) is 3.14. The SMILES string of the molecule is O=C(Cc1ccc2[nH]ccc2c1)Nc1ccc2cn[nH]c2c1. The Labute approximate surface area is 126 Å². The highest BCUT2D eigenvalue weighted by molar-refractivity contribution is 5.95. The van der Waals surface area contributed by atoms with Crippen molar-refractivity contribution in [1.29, 1.82) is 0 Å². The first-order valence-corrected chi connectivity index (χ1v) is 7.07. The van der Waals surface area contributed by atoms with E-state index in [0.717, 1.165) is 33.1 Å². The van der Waals surface area contributed by atoms with Crippen LogP contribution in [-0.4, -0.2) is 21.1 Å². The van der Waals surface area contributed by atoms with Gasteiger partial charge < -0.3 is 10.3 Å². The maximum Gasteiger partial charge on any atom is 0.228 e. The van der Waals surface area contributed by atoms with Crippen molar-refractivity contribution in [2.45, 2.75) is 6.42 Å². The fraction of sp³-hybridized carbons (Fsp3) is 0.0588. The standard InChI is InChI=1S/C17H14N4O/c22-17(8-11-1-4-15-12(7-11)5-6-18-15)20-14-3-2-13-10-19-21-16(13)9-14/h1-7,9-10,18H,8H2,(H,19,21)(H,20,22). The van der Waals surface area contributed by atoms with E-state index in [4.69, 9.17) is 0 Å². The minimum Gasteiger partial charge on any atom is -0.361 e. The van der Waals surface area contributed by atoms with Crippen molar-refractivity contribution >= 4 is 33.4 Å². The fourth-order valence-electron chi connectivity index (χ4n) is 2.62. The van der Waals surface area contributed by atoms with Crippen LogP contribution in [0, 0.1) is 0 Å². The normalized spacial score (nSPS) is 11.1. The third-order valence-corrected chi connectivity index (χ3v) is 3.71. The van der Waals surface area contributed by atoms with Gasteiger partial charge in [-0.2, -0.15) is 5.10 Å². The second-order valence-electron chi connectivity index (χ2n) is 5.30. The molecule has 0 fully saturated rings. The van der Waals surface area contributed by atoms with Crippen molar-refractivity contribution in [3.05, 3.63) is 60.4 Å². The second-order valence-corrected chi connectivity index (χ2v) is 5.30. The average molecular weight is 290 g/mol. The summed E-state index contributed by atoms with van der Waals surface area (Å²) in [4.78, 5) is 15.3. The van der Waals surface area contributed by atoms with Crippen LogP contribution in [0.2, 0.25) is 0 Å². The Bertz CT molecular complexity index is 889. The van der Waals surface area contributed by atoms with Gasteiger partial charge in [-0.15, -0.1) is 0 Å². The number of fused-ring (bicyclic) bond motifs is 2. The maximum atomic E-state index is 12.2. The zero-order chi connectivity index (χ0) is 14.9. The molecule has 1 amide bonds. The summed E-state index contributed by atoms with van der Waals surface area (Å²) in [6.07, 6.45) is 4.00. The molecule has 0 atom stereocenters. The van der Waals surface area contributed by atoms with Crippen LogP contribution in [0.4, 0.5) is 5.69 Å². The summed E-state index contributed by atoms with van der Waals surface area (Å²) in [5.41, 5.74) is 3.75. The highest BCUT2D eigenvalue weighted by Gasteiger charge is 2.06. The zero-order valence-corrected chi connectivity index (χ0v) is 11.8. The highest BCUT2D eigenvalue weighted by atomic mass is 16.1. The van der Waals surface area contributed by atoms with E-state index in [9.17, 15) is 4.79 Å². The lowest BCUT2D eigenvalue weighted by Crippen LogP contribution is -2.14. The predicted molar refractivity (Wildman–Crippen MR) is 86.7 cm³/mol. The van der Waals surface area contributed by atoms with Crippen LogP contribution in [0.1, 0.15) is 5.56 Å². The molecule has 0 aliphatic rings. The predicted octanol–water partition coefficient (Wildman–Crippen LogP) is 3.23. The number of rotatable bonds is 3. The fourth-order valence-corrected chi connectivity index (χ4v) is 2.62. The summed E-state index contributed by atoms with van der Waals surface area (Å²) >= 11 is 0. The van der Waals surface area contributed by atoms with Gasteiger partial charge in [-0.1, -0.05) is 6.07 Å². The lowest BCUT2D eigenvalue weighted by Gasteiger charge is -2.06. The van der Waals surface area contributed by atoms with E-state index in [1.165, 1.54) is 0 Å². The van der Waals surface area contributed by atoms with Crippen molar-refractivity contribution in [2.24, 2.45) is 0 Å². The van der Waals surface area contributed by atoms with E-state index >= 15 is 0 Å². The van der Waals surface area contributed by atoms with Gasteiger partial charge in [0.2, 0.25) is 5.91 Å². The quantitative estimate of drug-likeness (QED) is 0.542. The van der Waals surface area contributed by atoms with Crippen molar-refractivity contribution < 1.29 is 4.79 Å². The molecule has 3 N–H and O–H groups in total. The van der Waals surface area contributed by atoms with Gasteiger partial charge in [-0.25, -0.2) is 0 Å².